The Labute approximate surface area is 124 Å². The molecule has 1 atom stereocenters. The molecule has 0 aliphatic carbocycles. The van der Waals surface area contributed by atoms with Crippen LogP contribution in [0.15, 0.2) is 60.7 Å². The summed E-state index contributed by atoms with van der Waals surface area (Å²) in [5, 5.41) is 3.58. The summed E-state index contributed by atoms with van der Waals surface area (Å²) in [5.74, 6) is -0.124. The number of hydrogen-bond acceptors (Lipinski definition) is 1. The second-order valence-corrected chi connectivity index (χ2v) is 4.97. The first-order valence-corrected chi connectivity index (χ1v) is 6.82. The summed E-state index contributed by atoms with van der Waals surface area (Å²) in [5.41, 5.74) is 1.98. The van der Waals surface area contributed by atoms with Crippen molar-refractivity contribution in [1.29, 1.82) is 0 Å². The Hall–Kier alpha value is -2.06. The Kier molecular flexibility index (Phi) is 4.97. The molecule has 1 N–H and O–H groups in total. The Morgan fingerprint density at radius 3 is 2.60 bits per heavy atom. The van der Waals surface area contributed by atoms with Crippen LogP contribution in [0.1, 0.15) is 24.1 Å². The van der Waals surface area contributed by atoms with Gasteiger partial charge in [0, 0.05) is 11.1 Å². The number of rotatable bonds is 4. The lowest BCUT2D eigenvalue weighted by Gasteiger charge is -2.12. The van der Waals surface area contributed by atoms with E-state index in [0.29, 0.717) is 5.02 Å². The molecule has 2 rings (SSSR count). The topological polar surface area (TPSA) is 29.1 Å². The van der Waals surface area contributed by atoms with Crippen molar-refractivity contribution in [3.05, 3.63) is 76.8 Å². The first-order chi connectivity index (χ1) is 9.65. The summed E-state index contributed by atoms with van der Waals surface area (Å²) in [6.45, 7) is 1.96. The third kappa shape index (κ3) is 4.25. The highest BCUT2D eigenvalue weighted by molar-refractivity contribution is 6.30. The maximum Gasteiger partial charge on any atom is 0.244 e. The molecular formula is C17H16ClNO. The summed E-state index contributed by atoms with van der Waals surface area (Å²) in [4.78, 5) is 11.9. The predicted molar refractivity (Wildman–Crippen MR) is 83.5 cm³/mol. The molecule has 0 saturated carbocycles. The zero-order valence-electron chi connectivity index (χ0n) is 11.2. The van der Waals surface area contributed by atoms with Gasteiger partial charge in [0.15, 0.2) is 0 Å². The van der Waals surface area contributed by atoms with Crippen LogP contribution in [0.25, 0.3) is 6.08 Å². The van der Waals surface area contributed by atoms with Crippen LogP contribution < -0.4 is 5.32 Å². The van der Waals surface area contributed by atoms with Crippen molar-refractivity contribution in [1.82, 2.24) is 5.32 Å². The van der Waals surface area contributed by atoms with E-state index in [2.05, 4.69) is 5.32 Å². The van der Waals surface area contributed by atoms with Gasteiger partial charge >= 0.3 is 0 Å². The second-order valence-electron chi connectivity index (χ2n) is 4.53. The van der Waals surface area contributed by atoms with Crippen LogP contribution in [0.4, 0.5) is 0 Å². The van der Waals surface area contributed by atoms with Gasteiger partial charge in [-0.05, 0) is 36.3 Å². The molecule has 0 saturated heterocycles. The van der Waals surface area contributed by atoms with Crippen LogP contribution in [0.5, 0.6) is 0 Å². The van der Waals surface area contributed by atoms with E-state index in [0.717, 1.165) is 11.1 Å². The smallest absolute Gasteiger partial charge is 0.244 e. The molecular weight excluding hydrogens is 270 g/mol. The monoisotopic (exact) mass is 285 g/mol. The Morgan fingerprint density at radius 2 is 1.90 bits per heavy atom. The average Bonchev–Trinajstić information content (AvgIpc) is 2.46. The molecule has 0 aromatic heterocycles. The standard InChI is InChI=1S/C17H16ClNO/c1-13(15-7-3-2-4-8-15)19-17(20)11-10-14-6-5-9-16(18)12-14/h2-13H,1H3,(H,19,20)/b11-10+/t13-/m0/s1. The minimum atomic E-state index is -0.124. The van der Waals surface area contributed by atoms with E-state index in [1.165, 1.54) is 6.08 Å². The van der Waals surface area contributed by atoms with Crippen LogP contribution in [0.2, 0.25) is 5.02 Å². The molecule has 2 aromatic carbocycles. The van der Waals surface area contributed by atoms with Crippen molar-refractivity contribution in [2.75, 3.05) is 0 Å². The van der Waals surface area contributed by atoms with E-state index >= 15 is 0 Å². The molecule has 0 aliphatic heterocycles. The molecule has 2 nitrogen and oxygen atoms in total. The van der Waals surface area contributed by atoms with E-state index < -0.39 is 0 Å². The zero-order chi connectivity index (χ0) is 14.4. The van der Waals surface area contributed by atoms with Gasteiger partial charge in [-0.1, -0.05) is 54.1 Å². The first-order valence-electron chi connectivity index (χ1n) is 6.44. The number of carbonyl (C=O) groups is 1. The van der Waals surface area contributed by atoms with E-state index in [-0.39, 0.29) is 11.9 Å². The molecule has 0 spiro atoms. The highest BCUT2D eigenvalue weighted by Gasteiger charge is 2.06. The number of halogens is 1. The minimum absolute atomic E-state index is 0.0206. The minimum Gasteiger partial charge on any atom is -0.346 e. The fourth-order valence-electron chi connectivity index (χ4n) is 1.87. The van der Waals surface area contributed by atoms with Gasteiger partial charge in [0.25, 0.3) is 0 Å². The molecule has 0 bridgehead atoms. The first kappa shape index (κ1) is 14.4. The van der Waals surface area contributed by atoms with E-state index in [1.54, 1.807) is 12.1 Å². The van der Waals surface area contributed by atoms with Crippen LogP contribution in [0, 0.1) is 0 Å². The summed E-state index contributed by atoms with van der Waals surface area (Å²) < 4.78 is 0. The normalized spacial score (nSPS) is 12.3. The molecule has 0 fully saturated rings. The third-order valence-electron chi connectivity index (χ3n) is 2.93. The Morgan fingerprint density at radius 1 is 1.15 bits per heavy atom. The maximum absolute atomic E-state index is 11.9. The van der Waals surface area contributed by atoms with Gasteiger partial charge in [0.1, 0.15) is 0 Å². The summed E-state index contributed by atoms with van der Waals surface area (Å²) in [6, 6.07) is 17.2. The number of nitrogens with one attached hydrogen (secondary N) is 1. The molecule has 20 heavy (non-hydrogen) atoms. The summed E-state index contributed by atoms with van der Waals surface area (Å²) >= 11 is 5.89. The molecule has 0 radical (unpaired) electrons. The van der Waals surface area contributed by atoms with Crippen LogP contribution in [-0.2, 0) is 4.79 Å². The molecule has 0 aliphatic rings. The van der Waals surface area contributed by atoms with Crippen molar-refractivity contribution in [3.8, 4) is 0 Å². The average molecular weight is 286 g/mol. The highest BCUT2D eigenvalue weighted by Crippen LogP contribution is 2.13. The Balaban J connectivity index is 1.96. The molecule has 102 valence electrons. The molecule has 3 heteroatoms. The molecule has 2 aromatic rings. The van der Waals surface area contributed by atoms with Gasteiger partial charge in [0.2, 0.25) is 5.91 Å². The van der Waals surface area contributed by atoms with E-state index in [4.69, 9.17) is 11.6 Å². The van der Waals surface area contributed by atoms with Crippen molar-refractivity contribution in [2.24, 2.45) is 0 Å². The van der Waals surface area contributed by atoms with Gasteiger partial charge in [-0.2, -0.15) is 0 Å². The highest BCUT2D eigenvalue weighted by atomic mass is 35.5. The van der Waals surface area contributed by atoms with Crippen molar-refractivity contribution in [2.45, 2.75) is 13.0 Å². The fourth-order valence-corrected chi connectivity index (χ4v) is 2.07. The van der Waals surface area contributed by atoms with Crippen LogP contribution >= 0.6 is 11.6 Å². The van der Waals surface area contributed by atoms with Gasteiger partial charge in [-0.15, -0.1) is 0 Å². The maximum atomic E-state index is 11.9. The van der Waals surface area contributed by atoms with E-state index in [9.17, 15) is 4.79 Å². The lowest BCUT2D eigenvalue weighted by molar-refractivity contribution is -0.117. The van der Waals surface area contributed by atoms with Gasteiger partial charge in [-0.25, -0.2) is 0 Å². The number of amides is 1. The molecule has 0 heterocycles. The lowest BCUT2D eigenvalue weighted by Crippen LogP contribution is -2.24. The molecule has 0 unspecified atom stereocenters. The number of carbonyl (C=O) groups excluding carboxylic acids is 1. The van der Waals surface area contributed by atoms with Crippen molar-refractivity contribution in [3.63, 3.8) is 0 Å². The number of hydrogen-bond donors (Lipinski definition) is 1. The van der Waals surface area contributed by atoms with Gasteiger partial charge in [0.05, 0.1) is 6.04 Å². The summed E-state index contributed by atoms with van der Waals surface area (Å²) in [6.07, 6.45) is 3.27. The van der Waals surface area contributed by atoms with Crippen LogP contribution in [-0.4, -0.2) is 5.91 Å². The summed E-state index contributed by atoms with van der Waals surface area (Å²) in [7, 11) is 0. The van der Waals surface area contributed by atoms with Crippen LogP contribution in [0.3, 0.4) is 0 Å². The van der Waals surface area contributed by atoms with Crippen molar-refractivity contribution >= 4 is 23.6 Å². The van der Waals surface area contributed by atoms with E-state index in [1.807, 2.05) is 55.5 Å². The predicted octanol–water partition coefficient (Wildman–Crippen LogP) is 4.23. The quantitative estimate of drug-likeness (QED) is 0.837. The van der Waals surface area contributed by atoms with Gasteiger partial charge < -0.3 is 5.32 Å². The third-order valence-corrected chi connectivity index (χ3v) is 3.17. The zero-order valence-corrected chi connectivity index (χ0v) is 12.0. The lowest BCUT2D eigenvalue weighted by atomic mass is 10.1. The largest absolute Gasteiger partial charge is 0.346 e. The Bertz CT molecular complexity index is 607. The van der Waals surface area contributed by atoms with Crippen molar-refractivity contribution < 1.29 is 4.79 Å². The molecule has 1 amide bonds. The SMILES string of the molecule is C[C@H](NC(=O)/C=C/c1cccc(Cl)c1)c1ccccc1. The second kappa shape index (κ2) is 6.92. The fraction of sp³-hybridized carbons (Fsp3) is 0.118. The number of benzene rings is 2. The van der Waals surface area contributed by atoms with Gasteiger partial charge in [-0.3, -0.25) is 4.79 Å².